The number of carbonyl (C=O) groups excluding carboxylic acids is 1. The van der Waals surface area contributed by atoms with Crippen molar-refractivity contribution < 1.29 is 4.79 Å². The Bertz CT molecular complexity index is 422. The highest BCUT2D eigenvalue weighted by Gasteiger charge is 2.40. The number of hydrogen-bond acceptors (Lipinski definition) is 1. The Morgan fingerprint density at radius 2 is 2.00 bits per heavy atom. The highest BCUT2D eigenvalue weighted by atomic mass is 16.1. The Kier molecular flexibility index (Phi) is 3.23. The van der Waals surface area contributed by atoms with Gasteiger partial charge in [0.15, 0.2) is 5.78 Å². The van der Waals surface area contributed by atoms with E-state index in [1.807, 2.05) is 30.3 Å². The van der Waals surface area contributed by atoms with Crippen LogP contribution >= 0.6 is 0 Å². The van der Waals surface area contributed by atoms with Gasteiger partial charge < -0.3 is 0 Å². The van der Waals surface area contributed by atoms with Crippen molar-refractivity contribution in [2.75, 3.05) is 0 Å². The molecule has 4 atom stereocenters. The van der Waals surface area contributed by atoms with E-state index in [0.717, 1.165) is 29.7 Å². The number of rotatable bonds is 4. The highest BCUT2D eigenvalue weighted by Crippen LogP contribution is 2.50. The lowest BCUT2D eigenvalue weighted by Gasteiger charge is -2.24. The second-order valence-electron chi connectivity index (χ2n) is 6.30. The van der Waals surface area contributed by atoms with E-state index >= 15 is 0 Å². The molecule has 2 aliphatic carbocycles. The lowest BCUT2D eigenvalue weighted by Crippen LogP contribution is -2.19. The highest BCUT2D eigenvalue weighted by molar-refractivity contribution is 5.97. The molecule has 0 aliphatic heterocycles. The quantitative estimate of drug-likeness (QED) is 0.718. The molecule has 0 heterocycles. The Morgan fingerprint density at radius 3 is 2.61 bits per heavy atom. The van der Waals surface area contributed by atoms with Crippen LogP contribution in [-0.4, -0.2) is 5.78 Å². The van der Waals surface area contributed by atoms with E-state index in [2.05, 4.69) is 6.92 Å². The van der Waals surface area contributed by atoms with Crippen molar-refractivity contribution in [1.29, 1.82) is 0 Å². The molecule has 1 aromatic rings. The van der Waals surface area contributed by atoms with Gasteiger partial charge in [0, 0.05) is 11.5 Å². The first-order valence-corrected chi connectivity index (χ1v) is 7.33. The van der Waals surface area contributed by atoms with Gasteiger partial charge in [-0.25, -0.2) is 0 Å². The molecule has 0 N–H and O–H groups in total. The van der Waals surface area contributed by atoms with Gasteiger partial charge in [-0.1, -0.05) is 43.7 Å². The number of benzene rings is 1. The summed E-state index contributed by atoms with van der Waals surface area (Å²) in [6.07, 6.45) is 6.80. The molecule has 18 heavy (non-hydrogen) atoms. The van der Waals surface area contributed by atoms with Crippen LogP contribution < -0.4 is 0 Å². The summed E-state index contributed by atoms with van der Waals surface area (Å²) < 4.78 is 0. The summed E-state index contributed by atoms with van der Waals surface area (Å²) in [6.45, 7) is 2.11. The fourth-order valence-electron chi connectivity index (χ4n) is 4.11. The SMILES string of the molecule is CC(CC1CC2CCC1C2)C(=O)c1ccccc1. The van der Waals surface area contributed by atoms with Crippen molar-refractivity contribution in [2.24, 2.45) is 23.7 Å². The third kappa shape index (κ3) is 2.23. The van der Waals surface area contributed by atoms with Crippen LogP contribution in [0.15, 0.2) is 30.3 Å². The van der Waals surface area contributed by atoms with Crippen LogP contribution in [0.3, 0.4) is 0 Å². The van der Waals surface area contributed by atoms with Crippen LogP contribution in [-0.2, 0) is 0 Å². The molecule has 2 fully saturated rings. The van der Waals surface area contributed by atoms with Crippen LogP contribution in [0.2, 0.25) is 0 Å². The summed E-state index contributed by atoms with van der Waals surface area (Å²) in [6, 6.07) is 9.77. The summed E-state index contributed by atoms with van der Waals surface area (Å²) >= 11 is 0. The molecule has 1 aromatic carbocycles. The van der Waals surface area contributed by atoms with Gasteiger partial charge in [0.2, 0.25) is 0 Å². The summed E-state index contributed by atoms with van der Waals surface area (Å²) in [5, 5.41) is 0. The maximum Gasteiger partial charge on any atom is 0.165 e. The van der Waals surface area contributed by atoms with E-state index in [1.54, 1.807) is 0 Å². The second kappa shape index (κ2) is 4.87. The molecule has 4 unspecified atom stereocenters. The van der Waals surface area contributed by atoms with Gasteiger partial charge in [0.1, 0.15) is 0 Å². The molecule has 0 aromatic heterocycles. The lowest BCUT2D eigenvalue weighted by atomic mass is 9.81. The zero-order valence-electron chi connectivity index (χ0n) is 11.1. The van der Waals surface area contributed by atoms with Gasteiger partial charge in [-0.15, -0.1) is 0 Å². The Morgan fingerprint density at radius 1 is 1.22 bits per heavy atom. The van der Waals surface area contributed by atoms with Gasteiger partial charge in [-0.2, -0.15) is 0 Å². The van der Waals surface area contributed by atoms with Crippen LogP contribution in [0, 0.1) is 23.7 Å². The zero-order valence-corrected chi connectivity index (χ0v) is 11.1. The summed E-state index contributed by atoms with van der Waals surface area (Å²) in [4.78, 5) is 12.3. The van der Waals surface area contributed by atoms with Crippen molar-refractivity contribution in [3.63, 3.8) is 0 Å². The minimum absolute atomic E-state index is 0.191. The third-order valence-electron chi connectivity index (χ3n) is 5.05. The van der Waals surface area contributed by atoms with E-state index in [1.165, 1.54) is 25.7 Å². The maximum atomic E-state index is 12.3. The van der Waals surface area contributed by atoms with E-state index in [0.29, 0.717) is 5.78 Å². The Balaban J connectivity index is 1.62. The molecule has 3 rings (SSSR count). The predicted molar refractivity (Wildman–Crippen MR) is 73.5 cm³/mol. The van der Waals surface area contributed by atoms with Crippen molar-refractivity contribution >= 4 is 5.78 Å². The number of carbonyl (C=O) groups is 1. The molecule has 2 bridgehead atoms. The van der Waals surface area contributed by atoms with E-state index < -0.39 is 0 Å². The minimum atomic E-state index is 0.191. The molecule has 0 radical (unpaired) electrons. The molecule has 96 valence electrons. The minimum Gasteiger partial charge on any atom is -0.294 e. The molecule has 1 heteroatoms. The topological polar surface area (TPSA) is 17.1 Å². The van der Waals surface area contributed by atoms with Gasteiger partial charge in [0.05, 0.1) is 0 Å². The van der Waals surface area contributed by atoms with Crippen molar-refractivity contribution in [1.82, 2.24) is 0 Å². The maximum absolute atomic E-state index is 12.3. The number of ketones is 1. The Hall–Kier alpha value is -1.11. The van der Waals surface area contributed by atoms with Crippen LogP contribution in [0.25, 0.3) is 0 Å². The number of fused-ring (bicyclic) bond motifs is 2. The van der Waals surface area contributed by atoms with Crippen LogP contribution in [0.1, 0.15) is 49.4 Å². The molecule has 0 spiro atoms. The first-order chi connectivity index (χ1) is 8.74. The van der Waals surface area contributed by atoms with Crippen LogP contribution in [0.4, 0.5) is 0 Å². The van der Waals surface area contributed by atoms with E-state index in [-0.39, 0.29) is 5.92 Å². The average Bonchev–Trinajstić information content (AvgIpc) is 3.01. The van der Waals surface area contributed by atoms with E-state index in [9.17, 15) is 4.79 Å². The third-order valence-corrected chi connectivity index (χ3v) is 5.05. The summed E-state index contributed by atoms with van der Waals surface area (Å²) in [5.74, 6) is 3.27. The molecule has 2 saturated carbocycles. The lowest BCUT2D eigenvalue weighted by molar-refractivity contribution is 0.0902. The molecule has 0 amide bonds. The van der Waals surface area contributed by atoms with Crippen molar-refractivity contribution in [2.45, 2.75) is 39.0 Å². The second-order valence-corrected chi connectivity index (χ2v) is 6.30. The summed E-state index contributed by atoms with van der Waals surface area (Å²) in [5.41, 5.74) is 0.883. The molecular weight excluding hydrogens is 220 g/mol. The Labute approximate surface area is 110 Å². The largest absolute Gasteiger partial charge is 0.294 e. The normalized spacial score (nSPS) is 31.5. The number of Topliss-reactive ketones (excluding diaryl/α,β-unsaturated/α-hetero) is 1. The van der Waals surface area contributed by atoms with E-state index in [4.69, 9.17) is 0 Å². The standard InChI is InChI=1S/C17H22O/c1-12(17(18)14-5-3-2-4-6-14)9-16-11-13-7-8-15(16)10-13/h2-6,12-13,15-16H,7-11H2,1H3. The average molecular weight is 242 g/mol. The molecule has 0 saturated heterocycles. The predicted octanol–water partition coefficient (Wildman–Crippen LogP) is 4.33. The summed E-state index contributed by atoms with van der Waals surface area (Å²) in [7, 11) is 0. The number of hydrogen-bond donors (Lipinski definition) is 0. The van der Waals surface area contributed by atoms with Gasteiger partial charge >= 0.3 is 0 Å². The smallest absolute Gasteiger partial charge is 0.165 e. The van der Waals surface area contributed by atoms with Gasteiger partial charge in [-0.05, 0) is 43.4 Å². The van der Waals surface area contributed by atoms with Crippen molar-refractivity contribution in [3.05, 3.63) is 35.9 Å². The van der Waals surface area contributed by atoms with Crippen LogP contribution in [0.5, 0.6) is 0 Å². The first kappa shape index (κ1) is 12.0. The van der Waals surface area contributed by atoms with Crippen molar-refractivity contribution in [3.8, 4) is 0 Å². The fourth-order valence-corrected chi connectivity index (χ4v) is 4.11. The van der Waals surface area contributed by atoms with Gasteiger partial charge in [-0.3, -0.25) is 4.79 Å². The molecular formula is C17H22O. The molecule has 2 aliphatic rings. The first-order valence-electron chi connectivity index (χ1n) is 7.33. The fraction of sp³-hybridized carbons (Fsp3) is 0.588. The molecule has 1 nitrogen and oxygen atoms in total. The zero-order chi connectivity index (χ0) is 12.5. The van der Waals surface area contributed by atoms with Gasteiger partial charge in [0.25, 0.3) is 0 Å². The monoisotopic (exact) mass is 242 g/mol.